The number of methoxy groups -OCH3 is 2. The minimum absolute atomic E-state index is 0.000393. The molecule has 4 nitrogen and oxygen atoms in total. The fourth-order valence-corrected chi connectivity index (χ4v) is 3.18. The highest BCUT2D eigenvalue weighted by Crippen LogP contribution is 2.32. The summed E-state index contributed by atoms with van der Waals surface area (Å²) in [4.78, 5) is 12.5. The van der Waals surface area contributed by atoms with Gasteiger partial charge >= 0.3 is 0 Å². The average Bonchev–Trinajstić information content (AvgIpc) is 2.57. The lowest BCUT2D eigenvalue weighted by molar-refractivity contribution is -0.116. The number of rotatable bonds is 6. The van der Waals surface area contributed by atoms with Crippen LogP contribution in [0.2, 0.25) is 0 Å². The van der Waals surface area contributed by atoms with Crippen molar-refractivity contribution in [2.24, 2.45) is 0 Å². The second-order valence-corrected chi connectivity index (χ2v) is 6.53. The average molecular weight is 341 g/mol. The number of carbonyl (C=O) groups is 1. The Hall–Kier alpha value is -2.49. The minimum atomic E-state index is 0.000393. The van der Waals surface area contributed by atoms with Crippen LogP contribution >= 0.6 is 0 Å². The van der Waals surface area contributed by atoms with Gasteiger partial charge in [0.25, 0.3) is 0 Å². The first kappa shape index (κ1) is 18.8. The zero-order valence-corrected chi connectivity index (χ0v) is 15.9. The largest absolute Gasteiger partial charge is 0.497 e. The van der Waals surface area contributed by atoms with Crippen LogP contribution in [0.5, 0.6) is 11.5 Å². The van der Waals surface area contributed by atoms with Gasteiger partial charge in [0.1, 0.15) is 11.5 Å². The van der Waals surface area contributed by atoms with Gasteiger partial charge in [-0.15, -0.1) is 0 Å². The molecule has 1 unspecified atom stereocenters. The Morgan fingerprint density at radius 1 is 1.04 bits per heavy atom. The van der Waals surface area contributed by atoms with Crippen molar-refractivity contribution in [3.63, 3.8) is 0 Å². The van der Waals surface area contributed by atoms with Crippen molar-refractivity contribution < 1.29 is 14.3 Å². The molecule has 2 aromatic carbocycles. The third-order valence-corrected chi connectivity index (χ3v) is 4.40. The highest BCUT2D eigenvalue weighted by molar-refractivity contribution is 5.93. The Morgan fingerprint density at radius 3 is 2.24 bits per heavy atom. The highest BCUT2D eigenvalue weighted by Gasteiger charge is 2.17. The second kappa shape index (κ2) is 8.06. The molecule has 0 bridgehead atoms. The van der Waals surface area contributed by atoms with Gasteiger partial charge in [-0.05, 0) is 49.4 Å². The van der Waals surface area contributed by atoms with E-state index in [0.29, 0.717) is 6.42 Å². The summed E-state index contributed by atoms with van der Waals surface area (Å²) in [6, 6.07) is 9.85. The predicted octanol–water partition coefficient (Wildman–Crippen LogP) is 4.76. The van der Waals surface area contributed by atoms with Crippen LogP contribution in [0.1, 0.15) is 41.5 Å². The second-order valence-electron chi connectivity index (χ2n) is 6.53. The topological polar surface area (TPSA) is 47.6 Å². The first-order valence-electron chi connectivity index (χ1n) is 8.45. The number of hydrogen-bond acceptors (Lipinski definition) is 3. The smallest absolute Gasteiger partial charge is 0.224 e. The van der Waals surface area contributed by atoms with Gasteiger partial charge in [-0.1, -0.05) is 30.7 Å². The summed E-state index contributed by atoms with van der Waals surface area (Å²) in [5.41, 5.74) is 5.27. The van der Waals surface area contributed by atoms with E-state index in [1.165, 1.54) is 5.56 Å². The molecule has 0 saturated carbocycles. The van der Waals surface area contributed by atoms with Crippen molar-refractivity contribution in [2.75, 3.05) is 19.5 Å². The van der Waals surface area contributed by atoms with Crippen molar-refractivity contribution in [3.05, 3.63) is 52.6 Å². The number of nitrogens with one attached hydrogen (secondary N) is 1. The van der Waals surface area contributed by atoms with Crippen molar-refractivity contribution >= 4 is 11.6 Å². The molecule has 0 aliphatic heterocycles. The Balaban J connectivity index is 2.13. The molecule has 0 heterocycles. The van der Waals surface area contributed by atoms with E-state index < -0.39 is 0 Å². The fraction of sp³-hybridized carbons (Fsp3) is 0.381. The van der Waals surface area contributed by atoms with E-state index in [2.05, 4.69) is 24.4 Å². The van der Waals surface area contributed by atoms with E-state index in [9.17, 15) is 4.79 Å². The van der Waals surface area contributed by atoms with Gasteiger partial charge in [0, 0.05) is 18.2 Å². The summed E-state index contributed by atoms with van der Waals surface area (Å²) >= 11 is 0. The van der Waals surface area contributed by atoms with Crippen LogP contribution in [-0.2, 0) is 4.79 Å². The number of hydrogen-bond donors (Lipinski definition) is 1. The lowest BCUT2D eigenvalue weighted by atomic mass is 9.96. The summed E-state index contributed by atoms with van der Waals surface area (Å²) in [5, 5.41) is 3.06. The van der Waals surface area contributed by atoms with Gasteiger partial charge in [0.05, 0.1) is 14.2 Å². The maximum atomic E-state index is 12.5. The standard InChI is InChI=1S/C21H27NO3/c1-13-9-15(3)21(16(4)10-13)22-20(23)11-14(2)18-8-7-17(24-5)12-19(18)25-6/h7-10,12,14H,11H2,1-6H3,(H,22,23). The lowest BCUT2D eigenvalue weighted by Gasteiger charge is -2.18. The molecule has 0 fully saturated rings. The molecule has 0 spiro atoms. The molecule has 2 aromatic rings. The third kappa shape index (κ3) is 4.53. The molecule has 2 rings (SSSR count). The molecule has 0 saturated heterocycles. The molecule has 0 aromatic heterocycles. The Kier molecular flexibility index (Phi) is 6.07. The summed E-state index contributed by atoms with van der Waals surface area (Å²) in [5.74, 6) is 1.51. The van der Waals surface area contributed by atoms with Crippen molar-refractivity contribution in [3.8, 4) is 11.5 Å². The lowest BCUT2D eigenvalue weighted by Crippen LogP contribution is -2.16. The Labute approximate surface area is 150 Å². The van der Waals surface area contributed by atoms with Crippen LogP contribution in [0.3, 0.4) is 0 Å². The summed E-state index contributed by atoms with van der Waals surface area (Å²) in [6.07, 6.45) is 0.384. The molecular formula is C21H27NO3. The monoisotopic (exact) mass is 341 g/mol. The number of amides is 1. The first-order valence-corrected chi connectivity index (χ1v) is 8.45. The first-order chi connectivity index (χ1) is 11.8. The number of benzene rings is 2. The maximum absolute atomic E-state index is 12.5. The fourth-order valence-electron chi connectivity index (χ4n) is 3.18. The zero-order valence-electron chi connectivity index (χ0n) is 15.9. The molecule has 25 heavy (non-hydrogen) atoms. The van der Waals surface area contributed by atoms with E-state index in [1.54, 1.807) is 14.2 Å². The normalized spacial score (nSPS) is 11.8. The van der Waals surface area contributed by atoms with E-state index >= 15 is 0 Å². The summed E-state index contributed by atoms with van der Waals surface area (Å²) < 4.78 is 10.7. The van der Waals surface area contributed by atoms with Crippen LogP contribution in [0, 0.1) is 20.8 Å². The van der Waals surface area contributed by atoms with Gasteiger partial charge in [0.2, 0.25) is 5.91 Å². The molecular weight excluding hydrogens is 314 g/mol. The minimum Gasteiger partial charge on any atom is -0.497 e. The van der Waals surface area contributed by atoms with E-state index in [1.807, 2.05) is 39.0 Å². The van der Waals surface area contributed by atoms with E-state index in [0.717, 1.165) is 33.9 Å². The van der Waals surface area contributed by atoms with Crippen LogP contribution in [0.25, 0.3) is 0 Å². The maximum Gasteiger partial charge on any atom is 0.224 e. The zero-order chi connectivity index (χ0) is 18.6. The number of aryl methyl sites for hydroxylation is 3. The van der Waals surface area contributed by atoms with Crippen molar-refractivity contribution in [2.45, 2.75) is 40.0 Å². The van der Waals surface area contributed by atoms with Crippen molar-refractivity contribution in [1.82, 2.24) is 0 Å². The van der Waals surface area contributed by atoms with E-state index in [4.69, 9.17) is 9.47 Å². The van der Waals surface area contributed by atoms with Gasteiger partial charge in [-0.25, -0.2) is 0 Å². The van der Waals surface area contributed by atoms with E-state index in [-0.39, 0.29) is 11.8 Å². The number of carbonyl (C=O) groups excluding carboxylic acids is 1. The number of anilines is 1. The molecule has 134 valence electrons. The van der Waals surface area contributed by atoms with Crippen LogP contribution in [-0.4, -0.2) is 20.1 Å². The number of ether oxygens (including phenoxy) is 2. The molecule has 1 amide bonds. The summed E-state index contributed by atoms with van der Waals surface area (Å²) in [7, 11) is 3.25. The molecule has 1 atom stereocenters. The molecule has 0 aliphatic carbocycles. The molecule has 0 aliphatic rings. The van der Waals surface area contributed by atoms with Crippen molar-refractivity contribution in [1.29, 1.82) is 0 Å². The third-order valence-electron chi connectivity index (χ3n) is 4.40. The molecule has 1 N–H and O–H groups in total. The summed E-state index contributed by atoms with van der Waals surface area (Å²) in [6.45, 7) is 8.12. The van der Waals surface area contributed by atoms with Gasteiger partial charge in [-0.2, -0.15) is 0 Å². The Bertz CT molecular complexity index is 745. The SMILES string of the molecule is COc1ccc(C(C)CC(=O)Nc2c(C)cc(C)cc2C)c(OC)c1. The van der Waals surface area contributed by atoms with Gasteiger partial charge < -0.3 is 14.8 Å². The van der Waals surface area contributed by atoms with Crippen LogP contribution < -0.4 is 14.8 Å². The molecule has 4 heteroatoms. The van der Waals surface area contributed by atoms with Crippen LogP contribution in [0.15, 0.2) is 30.3 Å². The predicted molar refractivity (Wildman–Crippen MR) is 102 cm³/mol. The van der Waals surface area contributed by atoms with Crippen LogP contribution in [0.4, 0.5) is 5.69 Å². The Morgan fingerprint density at radius 2 is 1.68 bits per heavy atom. The highest BCUT2D eigenvalue weighted by atomic mass is 16.5. The van der Waals surface area contributed by atoms with Gasteiger partial charge in [0.15, 0.2) is 0 Å². The molecule has 0 radical (unpaired) electrons. The quantitative estimate of drug-likeness (QED) is 0.824. The van der Waals surface area contributed by atoms with Gasteiger partial charge in [-0.3, -0.25) is 4.79 Å².